The van der Waals surface area contributed by atoms with Crippen LogP contribution in [0.15, 0.2) is 51.8 Å². The van der Waals surface area contributed by atoms with Gasteiger partial charge in [0.2, 0.25) is 0 Å². The number of amides is 1. The Bertz CT molecular complexity index is 603. The first-order valence-corrected chi connectivity index (χ1v) is 7.44. The van der Waals surface area contributed by atoms with Gasteiger partial charge in [0.1, 0.15) is 0 Å². The topological polar surface area (TPSA) is 29.1 Å². The average Bonchev–Trinajstić information content (AvgIpc) is 2.35. The molecule has 0 saturated carbocycles. The van der Waals surface area contributed by atoms with Gasteiger partial charge in [-0.25, -0.2) is 0 Å². The molecule has 5 heteroatoms. The van der Waals surface area contributed by atoms with E-state index in [1.54, 1.807) is 6.07 Å². The molecule has 2 rings (SSSR count). The molecule has 0 bridgehead atoms. The molecule has 0 heterocycles. The standard InChI is InChI=1S/C13H9BrINOS/c14-10-6-5-8(18)7-9(10)13(17)16-12-4-2-1-3-11(12)15/h1-7,18H,(H,16,17). The Hall–Kier alpha value is -0.530. The summed E-state index contributed by atoms with van der Waals surface area (Å²) in [5.74, 6) is -0.151. The van der Waals surface area contributed by atoms with E-state index in [1.807, 2.05) is 36.4 Å². The monoisotopic (exact) mass is 433 g/mol. The van der Waals surface area contributed by atoms with Crippen LogP contribution in [0.1, 0.15) is 10.4 Å². The van der Waals surface area contributed by atoms with Gasteiger partial charge in [0.25, 0.3) is 5.91 Å². The van der Waals surface area contributed by atoms with E-state index < -0.39 is 0 Å². The molecule has 1 amide bonds. The summed E-state index contributed by atoms with van der Waals surface area (Å²) in [5, 5.41) is 2.88. The summed E-state index contributed by atoms with van der Waals surface area (Å²) in [7, 11) is 0. The van der Waals surface area contributed by atoms with E-state index in [4.69, 9.17) is 0 Å². The molecule has 18 heavy (non-hydrogen) atoms. The van der Waals surface area contributed by atoms with E-state index in [1.165, 1.54) is 0 Å². The van der Waals surface area contributed by atoms with Gasteiger partial charge in [-0.2, -0.15) is 0 Å². The first-order chi connectivity index (χ1) is 8.58. The van der Waals surface area contributed by atoms with Crippen LogP contribution in [-0.4, -0.2) is 5.91 Å². The van der Waals surface area contributed by atoms with Crippen LogP contribution in [0.2, 0.25) is 0 Å². The summed E-state index contributed by atoms with van der Waals surface area (Å²) >= 11 is 9.79. The van der Waals surface area contributed by atoms with E-state index >= 15 is 0 Å². The van der Waals surface area contributed by atoms with Gasteiger partial charge in [-0.3, -0.25) is 4.79 Å². The van der Waals surface area contributed by atoms with Crippen molar-refractivity contribution in [1.82, 2.24) is 0 Å². The maximum absolute atomic E-state index is 12.2. The second-order valence-electron chi connectivity index (χ2n) is 3.60. The molecule has 2 nitrogen and oxygen atoms in total. The van der Waals surface area contributed by atoms with Gasteiger partial charge in [-0.05, 0) is 68.9 Å². The number of carbonyl (C=O) groups excluding carboxylic acids is 1. The minimum Gasteiger partial charge on any atom is -0.321 e. The molecule has 0 aliphatic heterocycles. The van der Waals surface area contributed by atoms with Crippen molar-refractivity contribution in [1.29, 1.82) is 0 Å². The molecule has 2 aromatic carbocycles. The number of nitrogens with one attached hydrogen (secondary N) is 1. The van der Waals surface area contributed by atoms with Gasteiger partial charge in [0, 0.05) is 12.9 Å². The molecule has 2 aromatic rings. The van der Waals surface area contributed by atoms with Gasteiger partial charge in [0.05, 0.1) is 11.3 Å². The predicted molar refractivity (Wildman–Crippen MR) is 88.5 cm³/mol. The number of benzene rings is 2. The molecule has 92 valence electrons. The summed E-state index contributed by atoms with van der Waals surface area (Å²) in [6.45, 7) is 0. The molecular weight excluding hydrogens is 425 g/mol. The zero-order valence-corrected chi connectivity index (χ0v) is 13.8. The van der Waals surface area contributed by atoms with E-state index in [-0.39, 0.29) is 5.91 Å². The van der Waals surface area contributed by atoms with Crippen molar-refractivity contribution in [2.75, 3.05) is 5.32 Å². The Morgan fingerprint density at radius 2 is 1.94 bits per heavy atom. The largest absolute Gasteiger partial charge is 0.321 e. The first-order valence-electron chi connectivity index (χ1n) is 5.12. The van der Waals surface area contributed by atoms with Crippen molar-refractivity contribution in [3.05, 3.63) is 56.1 Å². The number of thiol groups is 1. The number of hydrogen-bond acceptors (Lipinski definition) is 2. The Morgan fingerprint density at radius 3 is 2.67 bits per heavy atom. The van der Waals surface area contributed by atoms with Gasteiger partial charge < -0.3 is 5.32 Å². The molecule has 0 aromatic heterocycles. The van der Waals surface area contributed by atoms with E-state index in [2.05, 4.69) is 56.5 Å². The van der Waals surface area contributed by atoms with E-state index in [0.717, 1.165) is 18.6 Å². The maximum Gasteiger partial charge on any atom is 0.256 e. The molecule has 0 fully saturated rings. The fourth-order valence-corrected chi connectivity index (χ4v) is 2.59. The lowest BCUT2D eigenvalue weighted by atomic mass is 10.2. The van der Waals surface area contributed by atoms with Gasteiger partial charge >= 0.3 is 0 Å². The Kier molecular flexibility index (Phi) is 4.69. The highest BCUT2D eigenvalue weighted by Gasteiger charge is 2.11. The summed E-state index contributed by atoms with van der Waals surface area (Å²) in [4.78, 5) is 12.9. The highest BCUT2D eigenvalue weighted by Crippen LogP contribution is 2.23. The molecule has 0 aliphatic rings. The maximum atomic E-state index is 12.2. The second-order valence-corrected chi connectivity index (χ2v) is 6.13. The summed E-state index contributed by atoms with van der Waals surface area (Å²) in [6, 6.07) is 13.0. The third kappa shape index (κ3) is 3.27. The van der Waals surface area contributed by atoms with Gasteiger partial charge in [-0.1, -0.05) is 12.1 Å². The van der Waals surface area contributed by atoms with Gasteiger partial charge in [-0.15, -0.1) is 12.6 Å². The first kappa shape index (κ1) is 13.9. The van der Waals surface area contributed by atoms with Crippen LogP contribution in [0.4, 0.5) is 5.69 Å². The SMILES string of the molecule is O=C(Nc1ccccc1I)c1cc(S)ccc1Br. The van der Waals surface area contributed by atoms with Crippen LogP contribution in [0.3, 0.4) is 0 Å². The van der Waals surface area contributed by atoms with E-state index in [0.29, 0.717) is 5.56 Å². The Balaban J connectivity index is 2.28. The molecule has 1 N–H and O–H groups in total. The second kappa shape index (κ2) is 6.08. The lowest BCUT2D eigenvalue weighted by molar-refractivity contribution is 0.102. The summed E-state index contributed by atoms with van der Waals surface area (Å²) in [5.41, 5.74) is 1.38. The van der Waals surface area contributed by atoms with E-state index in [9.17, 15) is 4.79 Å². The highest BCUT2D eigenvalue weighted by molar-refractivity contribution is 14.1. The van der Waals surface area contributed by atoms with Crippen LogP contribution >= 0.6 is 51.1 Å². The van der Waals surface area contributed by atoms with Crippen LogP contribution in [-0.2, 0) is 0 Å². The average molecular weight is 434 g/mol. The highest BCUT2D eigenvalue weighted by atomic mass is 127. The lowest BCUT2D eigenvalue weighted by Crippen LogP contribution is -2.13. The van der Waals surface area contributed by atoms with Crippen molar-refractivity contribution < 1.29 is 4.79 Å². The Labute approximate surface area is 133 Å². The van der Waals surface area contributed by atoms with Crippen LogP contribution < -0.4 is 5.32 Å². The van der Waals surface area contributed by atoms with Crippen molar-refractivity contribution in [3.8, 4) is 0 Å². The smallest absolute Gasteiger partial charge is 0.256 e. The lowest BCUT2D eigenvalue weighted by Gasteiger charge is -2.09. The fraction of sp³-hybridized carbons (Fsp3) is 0. The third-order valence-corrected chi connectivity index (χ3v) is 4.23. The molecule has 0 radical (unpaired) electrons. The number of anilines is 1. The molecule has 0 saturated heterocycles. The Morgan fingerprint density at radius 1 is 1.22 bits per heavy atom. The van der Waals surface area contributed by atoms with Crippen LogP contribution in [0.25, 0.3) is 0 Å². The number of para-hydroxylation sites is 1. The molecular formula is C13H9BrINOS. The van der Waals surface area contributed by atoms with Gasteiger partial charge in [0.15, 0.2) is 0 Å². The number of carbonyl (C=O) groups is 1. The third-order valence-electron chi connectivity index (χ3n) is 2.32. The van der Waals surface area contributed by atoms with Crippen molar-refractivity contribution >= 4 is 62.7 Å². The summed E-state index contributed by atoms with van der Waals surface area (Å²) < 4.78 is 1.75. The molecule has 0 atom stereocenters. The zero-order valence-electron chi connectivity index (χ0n) is 9.15. The zero-order chi connectivity index (χ0) is 13.1. The normalized spacial score (nSPS) is 10.2. The van der Waals surface area contributed by atoms with Crippen molar-refractivity contribution in [2.45, 2.75) is 4.90 Å². The fourth-order valence-electron chi connectivity index (χ4n) is 1.44. The quantitative estimate of drug-likeness (QED) is 0.526. The number of hydrogen-bond donors (Lipinski definition) is 2. The molecule has 0 aliphatic carbocycles. The molecule has 0 spiro atoms. The molecule has 0 unspecified atom stereocenters. The van der Waals surface area contributed by atoms with Crippen LogP contribution in [0, 0.1) is 3.57 Å². The minimum atomic E-state index is -0.151. The van der Waals surface area contributed by atoms with Crippen molar-refractivity contribution in [3.63, 3.8) is 0 Å². The van der Waals surface area contributed by atoms with Crippen LogP contribution in [0.5, 0.6) is 0 Å². The summed E-state index contributed by atoms with van der Waals surface area (Å²) in [6.07, 6.45) is 0. The van der Waals surface area contributed by atoms with Crippen molar-refractivity contribution in [2.24, 2.45) is 0 Å². The number of rotatable bonds is 2. The minimum absolute atomic E-state index is 0.151. The predicted octanol–water partition coefficient (Wildman–Crippen LogP) is 4.59. The number of halogens is 2.